The van der Waals surface area contributed by atoms with Crippen LogP contribution in [0.2, 0.25) is 0 Å². The van der Waals surface area contributed by atoms with Crippen molar-refractivity contribution in [1.82, 2.24) is 0 Å². The molecule has 98 valence electrons. The molecule has 0 radical (unpaired) electrons. The number of aliphatic hydroxyl groups excluding tert-OH is 1. The molecule has 0 spiro atoms. The summed E-state index contributed by atoms with van der Waals surface area (Å²) in [5.74, 6) is -0.0356. The molecule has 1 unspecified atom stereocenters. The number of aliphatic hydroxyl groups is 1. The highest BCUT2D eigenvalue weighted by Gasteiger charge is 2.16. The van der Waals surface area contributed by atoms with Crippen molar-refractivity contribution < 1.29 is 13.9 Å². The number of fused-ring (bicyclic) bond motifs is 1. The van der Waals surface area contributed by atoms with Gasteiger partial charge in [0, 0.05) is 5.39 Å². The number of rotatable bonds is 2. The first-order chi connectivity index (χ1) is 9.67. The van der Waals surface area contributed by atoms with Gasteiger partial charge in [-0.1, -0.05) is 12.1 Å². The Bertz CT molecular complexity index is 817. The van der Waals surface area contributed by atoms with Gasteiger partial charge in [0.2, 0.25) is 0 Å². The predicted octanol–water partition coefficient (Wildman–Crippen LogP) is 3.53. The van der Waals surface area contributed by atoms with Gasteiger partial charge >= 0.3 is 0 Å². The molecule has 0 aliphatic heterocycles. The Kier molecular flexibility index (Phi) is 2.97. The van der Waals surface area contributed by atoms with Crippen molar-refractivity contribution in [2.24, 2.45) is 0 Å². The van der Waals surface area contributed by atoms with Crippen LogP contribution in [0.5, 0.6) is 0 Å². The van der Waals surface area contributed by atoms with E-state index >= 15 is 0 Å². The van der Waals surface area contributed by atoms with Crippen LogP contribution in [-0.2, 0) is 0 Å². The Hall–Kier alpha value is -2.64. The van der Waals surface area contributed by atoms with E-state index in [9.17, 15) is 9.50 Å². The van der Waals surface area contributed by atoms with Crippen molar-refractivity contribution in [3.05, 3.63) is 71.2 Å². The zero-order chi connectivity index (χ0) is 14.1. The fourth-order valence-corrected chi connectivity index (χ4v) is 2.11. The Morgan fingerprint density at radius 1 is 1.15 bits per heavy atom. The first-order valence-electron chi connectivity index (χ1n) is 6.04. The second-order valence-corrected chi connectivity index (χ2v) is 4.47. The average molecular weight is 267 g/mol. The number of halogens is 1. The molecule has 3 aromatic rings. The molecule has 1 heterocycles. The maximum absolute atomic E-state index is 13.1. The number of hydrogen-bond donors (Lipinski definition) is 1. The van der Waals surface area contributed by atoms with Crippen LogP contribution in [0.4, 0.5) is 4.39 Å². The molecule has 4 heteroatoms. The van der Waals surface area contributed by atoms with E-state index in [1.54, 1.807) is 30.3 Å². The summed E-state index contributed by atoms with van der Waals surface area (Å²) in [6.45, 7) is 0. The molecule has 0 bridgehead atoms. The first-order valence-corrected chi connectivity index (χ1v) is 6.04. The van der Waals surface area contributed by atoms with Crippen molar-refractivity contribution >= 4 is 11.0 Å². The largest absolute Gasteiger partial charge is 0.458 e. The molecule has 0 aliphatic rings. The third-order valence-electron chi connectivity index (χ3n) is 3.10. The minimum atomic E-state index is -0.987. The minimum Gasteiger partial charge on any atom is -0.458 e. The minimum absolute atomic E-state index is 0.320. The van der Waals surface area contributed by atoms with Crippen LogP contribution < -0.4 is 0 Å². The summed E-state index contributed by atoms with van der Waals surface area (Å²) in [7, 11) is 0. The van der Waals surface area contributed by atoms with Crippen molar-refractivity contribution in [3.8, 4) is 6.07 Å². The van der Waals surface area contributed by atoms with Crippen LogP contribution in [0.25, 0.3) is 11.0 Å². The highest BCUT2D eigenvalue weighted by Crippen LogP contribution is 2.28. The molecule has 1 atom stereocenters. The highest BCUT2D eigenvalue weighted by atomic mass is 19.1. The first kappa shape index (κ1) is 12.4. The van der Waals surface area contributed by atoms with Gasteiger partial charge in [-0.3, -0.25) is 0 Å². The molecule has 0 saturated carbocycles. The van der Waals surface area contributed by atoms with E-state index in [-0.39, 0.29) is 5.82 Å². The molecule has 0 fully saturated rings. The van der Waals surface area contributed by atoms with Crippen LogP contribution in [0.15, 0.2) is 52.9 Å². The van der Waals surface area contributed by atoms with E-state index in [4.69, 9.17) is 9.68 Å². The van der Waals surface area contributed by atoms with Gasteiger partial charge in [-0.25, -0.2) is 4.39 Å². The SMILES string of the molecule is N#Cc1cccc(C(O)c2cc3cc(F)ccc3o2)c1. The van der Waals surface area contributed by atoms with Crippen LogP contribution >= 0.6 is 0 Å². The quantitative estimate of drug-likeness (QED) is 0.772. The predicted molar refractivity (Wildman–Crippen MR) is 71.4 cm³/mol. The Labute approximate surface area is 114 Å². The second-order valence-electron chi connectivity index (χ2n) is 4.47. The molecule has 0 amide bonds. The molecule has 3 rings (SSSR count). The molecule has 2 aromatic carbocycles. The summed E-state index contributed by atoms with van der Waals surface area (Å²) in [6.07, 6.45) is -0.987. The topological polar surface area (TPSA) is 57.2 Å². The number of furan rings is 1. The molecule has 0 saturated heterocycles. The number of nitrogens with zero attached hydrogens (tertiary/aromatic N) is 1. The van der Waals surface area contributed by atoms with Crippen LogP contribution in [0, 0.1) is 17.1 Å². The summed E-state index contributed by atoms with van der Waals surface area (Å²) in [6, 6.07) is 14.4. The third-order valence-corrected chi connectivity index (χ3v) is 3.10. The zero-order valence-electron chi connectivity index (χ0n) is 10.4. The molecule has 0 aliphatic carbocycles. The van der Waals surface area contributed by atoms with Gasteiger partial charge in [0.1, 0.15) is 23.3 Å². The van der Waals surface area contributed by atoms with E-state index in [0.29, 0.717) is 27.9 Å². The Morgan fingerprint density at radius 3 is 2.80 bits per heavy atom. The molecule has 1 aromatic heterocycles. The smallest absolute Gasteiger partial charge is 0.138 e. The Morgan fingerprint density at radius 2 is 2.00 bits per heavy atom. The molecular weight excluding hydrogens is 257 g/mol. The van der Waals surface area contributed by atoms with Gasteiger partial charge in [-0.15, -0.1) is 0 Å². The van der Waals surface area contributed by atoms with E-state index in [2.05, 4.69) is 0 Å². The number of nitriles is 1. The van der Waals surface area contributed by atoms with Crippen LogP contribution in [0.1, 0.15) is 23.0 Å². The molecule has 1 N–H and O–H groups in total. The lowest BCUT2D eigenvalue weighted by atomic mass is 10.0. The monoisotopic (exact) mass is 267 g/mol. The summed E-state index contributed by atoms with van der Waals surface area (Å²) >= 11 is 0. The van der Waals surface area contributed by atoms with Gasteiger partial charge in [0.15, 0.2) is 0 Å². The zero-order valence-corrected chi connectivity index (χ0v) is 10.4. The number of benzene rings is 2. The van der Waals surface area contributed by atoms with Gasteiger partial charge < -0.3 is 9.52 Å². The van der Waals surface area contributed by atoms with Crippen LogP contribution in [-0.4, -0.2) is 5.11 Å². The lowest BCUT2D eigenvalue weighted by Crippen LogP contribution is -1.98. The summed E-state index contributed by atoms with van der Waals surface area (Å²) in [4.78, 5) is 0. The summed E-state index contributed by atoms with van der Waals surface area (Å²) < 4.78 is 18.6. The average Bonchev–Trinajstić information content (AvgIpc) is 2.89. The molecule has 3 nitrogen and oxygen atoms in total. The van der Waals surface area contributed by atoms with Crippen molar-refractivity contribution in [2.45, 2.75) is 6.10 Å². The number of hydrogen-bond acceptors (Lipinski definition) is 3. The molecule has 20 heavy (non-hydrogen) atoms. The standard InChI is InChI=1S/C16H10FNO2/c17-13-4-5-14-12(7-13)8-15(20-14)16(19)11-3-1-2-10(6-11)9-18/h1-8,16,19H. The maximum atomic E-state index is 13.1. The lowest BCUT2D eigenvalue weighted by molar-refractivity contribution is 0.192. The Balaban J connectivity index is 2.03. The second kappa shape index (κ2) is 4.80. The fraction of sp³-hybridized carbons (Fsp3) is 0.0625. The summed E-state index contributed by atoms with van der Waals surface area (Å²) in [5, 5.41) is 19.7. The van der Waals surface area contributed by atoms with E-state index in [0.717, 1.165) is 0 Å². The van der Waals surface area contributed by atoms with Crippen molar-refractivity contribution in [2.75, 3.05) is 0 Å². The van der Waals surface area contributed by atoms with Gasteiger partial charge in [-0.2, -0.15) is 5.26 Å². The molecular formula is C16H10FNO2. The van der Waals surface area contributed by atoms with Crippen LogP contribution in [0.3, 0.4) is 0 Å². The highest BCUT2D eigenvalue weighted by molar-refractivity contribution is 5.78. The maximum Gasteiger partial charge on any atom is 0.138 e. The third kappa shape index (κ3) is 2.15. The normalized spacial score (nSPS) is 12.2. The van der Waals surface area contributed by atoms with Gasteiger partial charge in [0.05, 0.1) is 11.6 Å². The van der Waals surface area contributed by atoms with Gasteiger partial charge in [-0.05, 0) is 42.0 Å². The fourth-order valence-electron chi connectivity index (χ4n) is 2.11. The van der Waals surface area contributed by atoms with E-state index < -0.39 is 6.10 Å². The van der Waals surface area contributed by atoms with E-state index in [1.807, 2.05) is 6.07 Å². The van der Waals surface area contributed by atoms with Crippen molar-refractivity contribution in [1.29, 1.82) is 5.26 Å². The van der Waals surface area contributed by atoms with Crippen molar-refractivity contribution in [3.63, 3.8) is 0 Å². The van der Waals surface area contributed by atoms with Gasteiger partial charge in [0.25, 0.3) is 0 Å². The summed E-state index contributed by atoms with van der Waals surface area (Å²) in [5.41, 5.74) is 1.53. The van der Waals surface area contributed by atoms with E-state index in [1.165, 1.54) is 18.2 Å². The lowest BCUT2D eigenvalue weighted by Gasteiger charge is -2.07.